The van der Waals surface area contributed by atoms with Gasteiger partial charge in [0.25, 0.3) is 0 Å². The zero-order valence-electron chi connectivity index (χ0n) is 11.4. The molecule has 3 rings (SSSR count). The number of aromatic amines is 1. The molecule has 102 valence electrons. The van der Waals surface area contributed by atoms with E-state index in [9.17, 15) is 0 Å². The minimum atomic E-state index is 0.402. The van der Waals surface area contributed by atoms with Gasteiger partial charge in [0, 0.05) is 29.2 Å². The van der Waals surface area contributed by atoms with E-state index in [2.05, 4.69) is 40.8 Å². The van der Waals surface area contributed by atoms with Gasteiger partial charge in [-0.1, -0.05) is 24.6 Å². The second kappa shape index (κ2) is 5.76. The Labute approximate surface area is 114 Å². The summed E-state index contributed by atoms with van der Waals surface area (Å²) < 4.78 is 0. The van der Waals surface area contributed by atoms with Gasteiger partial charge in [0.1, 0.15) is 0 Å². The fraction of sp³-hybridized carbons (Fsp3) is 0.500. The zero-order valence-corrected chi connectivity index (χ0v) is 11.4. The van der Waals surface area contributed by atoms with Crippen molar-refractivity contribution in [3.8, 4) is 0 Å². The van der Waals surface area contributed by atoms with Gasteiger partial charge < -0.3 is 16.0 Å². The molecule has 0 aliphatic heterocycles. The highest BCUT2D eigenvalue weighted by Crippen LogP contribution is 2.19. The lowest BCUT2D eigenvalue weighted by molar-refractivity contribution is 0.341. The van der Waals surface area contributed by atoms with Crippen molar-refractivity contribution in [2.75, 3.05) is 6.54 Å². The Balaban J connectivity index is 1.55. The molecular weight excluding hydrogens is 234 g/mol. The third-order valence-corrected chi connectivity index (χ3v) is 4.22. The van der Waals surface area contributed by atoms with E-state index in [1.54, 1.807) is 0 Å². The minimum Gasteiger partial charge on any atom is -0.361 e. The largest absolute Gasteiger partial charge is 0.361 e. The summed E-state index contributed by atoms with van der Waals surface area (Å²) in [6.45, 7) is 1.04. The Hall–Kier alpha value is -1.32. The van der Waals surface area contributed by atoms with Crippen LogP contribution in [0.1, 0.15) is 31.2 Å². The summed E-state index contributed by atoms with van der Waals surface area (Å²) >= 11 is 0. The maximum Gasteiger partial charge on any atom is 0.0456 e. The number of nitrogens with two attached hydrogens (primary N) is 1. The maximum absolute atomic E-state index is 6.02. The first kappa shape index (κ1) is 12.7. The molecule has 2 atom stereocenters. The van der Waals surface area contributed by atoms with Crippen LogP contribution in [0.4, 0.5) is 0 Å². The van der Waals surface area contributed by atoms with Crippen LogP contribution in [0.5, 0.6) is 0 Å². The van der Waals surface area contributed by atoms with E-state index in [1.165, 1.54) is 35.7 Å². The van der Waals surface area contributed by atoms with Crippen LogP contribution in [-0.2, 0) is 6.42 Å². The predicted molar refractivity (Wildman–Crippen MR) is 80.2 cm³/mol. The summed E-state index contributed by atoms with van der Waals surface area (Å²) in [5, 5.41) is 5.01. The monoisotopic (exact) mass is 257 g/mol. The number of fused-ring (bicyclic) bond motifs is 1. The average Bonchev–Trinajstić information content (AvgIpc) is 2.83. The van der Waals surface area contributed by atoms with Crippen molar-refractivity contribution in [3.63, 3.8) is 0 Å². The van der Waals surface area contributed by atoms with Crippen molar-refractivity contribution in [2.45, 2.75) is 44.2 Å². The summed E-state index contributed by atoms with van der Waals surface area (Å²) in [7, 11) is 0. The number of nitrogens with one attached hydrogen (secondary N) is 2. The average molecular weight is 257 g/mol. The normalized spacial score (nSPS) is 23.8. The second-order valence-corrected chi connectivity index (χ2v) is 5.69. The summed E-state index contributed by atoms with van der Waals surface area (Å²) in [4.78, 5) is 3.34. The standard InChI is InChI=1S/C16H23N3/c17-13-4-3-5-14(10-13)18-9-8-12-11-19-16-7-2-1-6-15(12)16/h1-2,6-7,11,13-14,18-19H,3-5,8-10,17H2. The zero-order chi connectivity index (χ0) is 13.1. The molecule has 3 nitrogen and oxygen atoms in total. The molecule has 1 aromatic carbocycles. The summed E-state index contributed by atoms with van der Waals surface area (Å²) in [6.07, 6.45) is 8.09. The molecule has 0 saturated heterocycles. The van der Waals surface area contributed by atoms with Crippen LogP contribution in [0, 0.1) is 0 Å². The van der Waals surface area contributed by atoms with Gasteiger partial charge in [0.05, 0.1) is 0 Å². The topological polar surface area (TPSA) is 53.8 Å². The van der Waals surface area contributed by atoms with Crippen LogP contribution >= 0.6 is 0 Å². The van der Waals surface area contributed by atoms with Gasteiger partial charge in [-0.25, -0.2) is 0 Å². The molecule has 1 aliphatic rings. The maximum atomic E-state index is 6.02. The third kappa shape index (κ3) is 2.99. The fourth-order valence-corrected chi connectivity index (χ4v) is 3.16. The number of hydrogen-bond acceptors (Lipinski definition) is 2. The number of benzene rings is 1. The van der Waals surface area contributed by atoms with Crippen molar-refractivity contribution in [2.24, 2.45) is 5.73 Å². The molecule has 1 saturated carbocycles. The molecule has 19 heavy (non-hydrogen) atoms. The van der Waals surface area contributed by atoms with E-state index >= 15 is 0 Å². The van der Waals surface area contributed by atoms with Crippen LogP contribution in [0.25, 0.3) is 10.9 Å². The lowest BCUT2D eigenvalue weighted by Gasteiger charge is -2.27. The van der Waals surface area contributed by atoms with Gasteiger partial charge in [-0.3, -0.25) is 0 Å². The van der Waals surface area contributed by atoms with E-state index in [-0.39, 0.29) is 0 Å². The molecule has 0 amide bonds. The second-order valence-electron chi connectivity index (χ2n) is 5.69. The Kier molecular flexibility index (Phi) is 3.85. The summed E-state index contributed by atoms with van der Waals surface area (Å²) in [5.74, 6) is 0. The summed E-state index contributed by atoms with van der Waals surface area (Å²) in [5.41, 5.74) is 8.66. The molecule has 0 bridgehead atoms. The van der Waals surface area contributed by atoms with E-state index in [1.807, 2.05) is 0 Å². The first-order valence-electron chi connectivity index (χ1n) is 7.37. The first-order valence-corrected chi connectivity index (χ1v) is 7.37. The van der Waals surface area contributed by atoms with Crippen LogP contribution in [0.15, 0.2) is 30.5 Å². The third-order valence-electron chi connectivity index (χ3n) is 4.22. The van der Waals surface area contributed by atoms with Crippen LogP contribution in [0.2, 0.25) is 0 Å². The summed E-state index contributed by atoms with van der Waals surface area (Å²) in [6, 6.07) is 9.52. The van der Waals surface area contributed by atoms with Crippen molar-refractivity contribution < 1.29 is 0 Å². The van der Waals surface area contributed by atoms with Gasteiger partial charge in [-0.05, 0) is 43.9 Å². The first-order chi connectivity index (χ1) is 9.33. The van der Waals surface area contributed by atoms with E-state index < -0.39 is 0 Å². The van der Waals surface area contributed by atoms with Crippen molar-refractivity contribution >= 4 is 10.9 Å². The highest BCUT2D eigenvalue weighted by Gasteiger charge is 2.18. The number of aromatic nitrogens is 1. The smallest absolute Gasteiger partial charge is 0.0456 e. The predicted octanol–water partition coefficient (Wildman–Crippen LogP) is 2.57. The Morgan fingerprint density at radius 1 is 1.26 bits per heavy atom. The molecule has 2 aromatic rings. The van der Waals surface area contributed by atoms with Gasteiger partial charge in [-0.15, -0.1) is 0 Å². The molecule has 1 aliphatic carbocycles. The van der Waals surface area contributed by atoms with Crippen molar-refractivity contribution in [1.29, 1.82) is 0 Å². The minimum absolute atomic E-state index is 0.402. The Morgan fingerprint density at radius 2 is 2.16 bits per heavy atom. The van der Waals surface area contributed by atoms with Crippen LogP contribution in [-0.4, -0.2) is 23.6 Å². The van der Waals surface area contributed by atoms with E-state index in [0.717, 1.165) is 19.4 Å². The molecule has 1 aromatic heterocycles. The van der Waals surface area contributed by atoms with Gasteiger partial charge in [0.2, 0.25) is 0 Å². The lowest BCUT2D eigenvalue weighted by atomic mass is 9.91. The molecule has 1 fully saturated rings. The Bertz CT molecular complexity index is 532. The van der Waals surface area contributed by atoms with Gasteiger partial charge >= 0.3 is 0 Å². The van der Waals surface area contributed by atoms with Crippen molar-refractivity contribution in [1.82, 2.24) is 10.3 Å². The fourth-order valence-electron chi connectivity index (χ4n) is 3.16. The molecule has 4 N–H and O–H groups in total. The van der Waals surface area contributed by atoms with Crippen LogP contribution < -0.4 is 11.1 Å². The number of hydrogen-bond donors (Lipinski definition) is 3. The number of H-pyrrole nitrogens is 1. The SMILES string of the molecule is NC1CCCC(NCCc2c[nH]c3ccccc23)C1. The Morgan fingerprint density at radius 3 is 3.05 bits per heavy atom. The van der Waals surface area contributed by atoms with Crippen molar-refractivity contribution in [3.05, 3.63) is 36.0 Å². The molecule has 1 heterocycles. The molecule has 0 radical (unpaired) electrons. The lowest BCUT2D eigenvalue weighted by Crippen LogP contribution is -2.40. The highest BCUT2D eigenvalue weighted by molar-refractivity contribution is 5.83. The number of para-hydroxylation sites is 1. The number of rotatable bonds is 4. The van der Waals surface area contributed by atoms with E-state index in [4.69, 9.17) is 5.73 Å². The highest BCUT2D eigenvalue weighted by atomic mass is 14.9. The van der Waals surface area contributed by atoms with E-state index in [0.29, 0.717) is 12.1 Å². The molecule has 0 spiro atoms. The molecule has 2 unspecified atom stereocenters. The van der Waals surface area contributed by atoms with Gasteiger partial charge in [0.15, 0.2) is 0 Å². The van der Waals surface area contributed by atoms with Gasteiger partial charge in [-0.2, -0.15) is 0 Å². The quantitative estimate of drug-likeness (QED) is 0.788. The van der Waals surface area contributed by atoms with Crippen LogP contribution in [0.3, 0.4) is 0 Å². The molecule has 3 heteroatoms. The molecular formula is C16H23N3.